The molecule has 0 aromatic carbocycles. The summed E-state index contributed by atoms with van der Waals surface area (Å²) in [7, 11) is 0. The second-order valence-electron chi connectivity index (χ2n) is 3.31. The summed E-state index contributed by atoms with van der Waals surface area (Å²) in [6.45, 7) is 8.37. The van der Waals surface area contributed by atoms with Crippen molar-refractivity contribution >= 4 is 0 Å². The highest BCUT2D eigenvalue weighted by molar-refractivity contribution is 4.75. The molecule has 0 aromatic heterocycles. The fourth-order valence-electron chi connectivity index (χ4n) is 1.76. The first-order valence-electron chi connectivity index (χ1n) is 5.14. The first kappa shape index (κ1) is 11.0. The molecule has 3 unspecified atom stereocenters. The molecule has 1 aliphatic heterocycles. The van der Waals surface area contributed by atoms with Crippen molar-refractivity contribution in [3.05, 3.63) is 0 Å². The van der Waals surface area contributed by atoms with Crippen LogP contribution in [-0.4, -0.2) is 32.2 Å². The molecule has 1 saturated heterocycles. The van der Waals surface area contributed by atoms with Crippen LogP contribution >= 0.6 is 0 Å². The quantitative estimate of drug-likeness (QED) is 0.658. The number of hydrogen-bond donors (Lipinski definition) is 0. The van der Waals surface area contributed by atoms with E-state index in [-0.39, 0.29) is 12.4 Å². The highest BCUT2D eigenvalue weighted by Gasteiger charge is 2.33. The van der Waals surface area contributed by atoms with E-state index in [1.54, 1.807) is 0 Å². The lowest BCUT2D eigenvalue weighted by molar-refractivity contribution is -0.149. The van der Waals surface area contributed by atoms with Crippen LogP contribution in [0.1, 0.15) is 27.2 Å². The Morgan fingerprint density at radius 1 is 1.38 bits per heavy atom. The van der Waals surface area contributed by atoms with E-state index in [1.807, 2.05) is 13.8 Å². The Morgan fingerprint density at radius 2 is 2.15 bits per heavy atom. The van der Waals surface area contributed by atoms with Gasteiger partial charge in [0.1, 0.15) is 0 Å². The summed E-state index contributed by atoms with van der Waals surface area (Å²) in [5.74, 6) is 0.403. The lowest BCUT2D eigenvalue weighted by Crippen LogP contribution is -2.30. The van der Waals surface area contributed by atoms with Crippen LogP contribution in [-0.2, 0) is 14.2 Å². The minimum atomic E-state index is -0.0495. The van der Waals surface area contributed by atoms with E-state index in [0.29, 0.717) is 12.5 Å². The van der Waals surface area contributed by atoms with Gasteiger partial charge in [0.2, 0.25) is 0 Å². The topological polar surface area (TPSA) is 27.7 Å². The first-order chi connectivity index (χ1) is 6.29. The Bertz CT molecular complexity index is 138. The number of rotatable bonds is 5. The van der Waals surface area contributed by atoms with Crippen molar-refractivity contribution in [1.29, 1.82) is 0 Å². The Balaban J connectivity index is 2.37. The van der Waals surface area contributed by atoms with Crippen LogP contribution in [0.25, 0.3) is 0 Å². The summed E-state index contributed by atoms with van der Waals surface area (Å²) in [6, 6.07) is 0. The average Bonchev–Trinajstić information content (AvgIpc) is 2.54. The van der Waals surface area contributed by atoms with Crippen LogP contribution in [0.15, 0.2) is 0 Å². The van der Waals surface area contributed by atoms with Gasteiger partial charge in [0, 0.05) is 19.1 Å². The number of ether oxygens (including phenoxy) is 3. The lowest BCUT2D eigenvalue weighted by Gasteiger charge is -2.23. The van der Waals surface area contributed by atoms with Gasteiger partial charge in [-0.15, -0.1) is 0 Å². The van der Waals surface area contributed by atoms with Crippen molar-refractivity contribution in [3.8, 4) is 0 Å². The zero-order chi connectivity index (χ0) is 9.68. The maximum atomic E-state index is 5.54. The van der Waals surface area contributed by atoms with Gasteiger partial charge in [-0.25, -0.2) is 0 Å². The molecule has 0 bridgehead atoms. The maximum Gasteiger partial charge on any atom is 0.162 e. The standard InChI is InChI=1S/C10H20O3/c1-4-11-8(3)9-6-7-13-10(9)12-5-2/h8-10H,4-7H2,1-3H3. The van der Waals surface area contributed by atoms with Crippen molar-refractivity contribution in [3.63, 3.8) is 0 Å². The van der Waals surface area contributed by atoms with E-state index in [2.05, 4.69) is 6.92 Å². The minimum Gasteiger partial charge on any atom is -0.378 e. The molecule has 0 spiro atoms. The molecule has 1 heterocycles. The van der Waals surface area contributed by atoms with Gasteiger partial charge >= 0.3 is 0 Å². The number of hydrogen-bond acceptors (Lipinski definition) is 3. The molecule has 0 amide bonds. The third-order valence-corrected chi connectivity index (χ3v) is 2.45. The largest absolute Gasteiger partial charge is 0.378 e. The van der Waals surface area contributed by atoms with E-state index in [0.717, 1.165) is 19.6 Å². The van der Waals surface area contributed by atoms with Crippen LogP contribution in [0, 0.1) is 5.92 Å². The molecule has 1 fully saturated rings. The lowest BCUT2D eigenvalue weighted by atomic mass is 10.0. The Kier molecular flexibility index (Phi) is 4.70. The molecule has 0 N–H and O–H groups in total. The third kappa shape index (κ3) is 2.93. The molecular formula is C10H20O3. The van der Waals surface area contributed by atoms with Crippen molar-refractivity contribution < 1.29 is 14.2 Å². The molecule has 13 heavy (non-hydrogen) atoms. The summed E-state index contributed by atoms with van der Waals surface area (Å²) >= 11 is 0. The van der Waals surface area contributed by atoms with Gasteiger partial charge in [-0.2, -0.15) is 0 Å². The maximum absolute atomic E-state index is 5.54. The second-order valence-corrected chi connectivity index (χ2v) is 3.31. The molecule has 0 aromatic rings. The van der Waals surface area contributed by atoms with Crippen LogP contribution < -0.4 is 0 Å². The van der Waals surface area contributed by atoms with E-state index >= 15 is 0 Å². The molecule has 0 aliphatic carbocycles. The van der Waals surface area contributed by atoms with Gasteiger partial charge in [-0.05, 0) is 27.2 Å². The average molecular weight is 188 g/mol. The molecule has 1 aliphatic rings. The van der Waals surface area contributed by atoms with Gasteiger partial charge < -0.3 is 14.2 Å². The van der Waals surface area contributed by atoms with E-state index in [1.165, 1.54) is 0 Å². The fraction of sp³-hybridized carbons (Fsp3) is 1.00. The Labute approximate surface area is 80.4 Å². The van der Waals surface area contributed by atoms with Crippen LogP contribution in [0.5, 0.6) is 0 Å². The molecular weight excluding hydrogens is 168 g/mol. The van der Waals surface area contributed by atoms with Gasteiger partial charge in [-0.3, -0.25) is 0 Å². The Hall–Kier alpha value is -0.120. The van der Waals surface area contributed by atoms with E-state index < -0.39 is 0 Å². The van der Waals surface area contributed by atoms with Crippen molar-refractivity contribution in [2.75, 3.05) is 19.8 Å². The van der Waals surface area contributed by atoms with Crippen molar-refractivity contribution in [2.45, 2.75) is 39.6 Å². The zero-order valence-corrected chi connectivity index (χ0v) is 8.79. The molecule has 0 saturated carbocycles. The molecule has 3 heteroatoms. The summed E-state index contributed by atoms with van der Waals surface area (Å²) in [5.41, 5.74) is 0. The van der Waals surface area contributed by atoms with Gasteiger partial charge in [0.05, 0.1) is 12.7 Å². The molecule has 78 valence electrons. The van der Waals surface area contributed by atoms with Crippen molar-refractivity contribution in [1.82, 2.24) is 0 Å². The van der Waals surface area contributed by atoms with E-state index in [9.17, 15) is 0 Å². The highest BCUT2D eigenvalue weighted by Crippen LogP contribution is 2.26. The van der Waals surface area contributed by atoms with Crippen LogP contribution in [0.3, 0.4) is 0 Å². The van der Waals surface area contributed by atoms with Gasteiger partial charge in [-0.1, -0.05) is 0 Å². The van der Waals surface area contributed by atoms with Gasteiger partial charge in [0.25, 0.3) is 0 Å². The zero-order valence-electron chi connectivity index (χ0n) is 8.79. The van der Waals surface area contributed by atoms with Crippen LogP contribution in [0.4, 0.5) is 0 Å². The molecule has 0 radical (unpaired) electrons. The molecule has 3 nitrogen and oxygen atoms in total. The highest BCUT2D eigenvalue weighted by atomic mass is 16.7. The predicted octanol–water partition coefficient (Wildman–Crippen LogP) is 1.81. The monoisotopic (exact) mass is 188 g/mol. The summed E-state index contributed by atoms with van der Waals surface area (Å²) in [6.07, 6.45) is 1.24. The molecule has 1 rings (SSSR count). The molecule has 3 atom stereocenters. The Morgan fingerprint density at radius 3 is 2.77 bits per heavy atom. The fourth-order valence-corrected chi connectivity index (χ4v) is 1.76. The normalized spacial score (nSPS) is 30.7. The summed E-state index contributed by atoms with van der Waals surface area (Å²) in [4.78, 5) is 0. The first-order valence-corrected chi connectivity index (χ1v) is 5.14. The van der Waals surface area contributed by atoms with Crippen LogP contribution in [0.2, 0.25) is 0 Å². The second kappa shape index (κ2) is 5.58. The van der Waals surface area contributed by atoms with Gasteiger partial charge in [0.15, 0.2) is 6.29 Å². The summed E-state index contributed by atoms with van der Waals surface area (Å²) in [5, 5.41) is 0. The van der Waals surface area contributed by atoms with E-state index in [4.69, 9.17) is 14.2 Å². The summed E-state index contributed by atoms with van der Waals surface area (Å²) < 4.78 is 16.5. The van der Waals surface area contributed by atoms with Crippen molar-refractivity contribution in [2.24, 2.45) is 5.92 Å². The predicted molar refractivity (Wildman–Crippen MR) is 50.6 cm³/mol. The SMILES string of the molecule is CCOC(C)C1CCOC1OCC. The third-order valence-electron chi connectivity index (χ3n) is 2.45. The minimum absolute atomic E-state index is 0.0495. The smallest absolute Gasteiger partial charge is 0.162 e.